The second kappa shape index (κ2) is 8.68. The average molecular weight is 303 g/mol. The molecule has 1 aliphatic carbocycles. The molecule has 22 heavy (non-hydrogen) atoms. The number of nitriles is 1. The van der Waals surface area contributed by atoms with E-state index in [2.05, 4.69) is 6.07 Å². The first-order chi connectivity index (χ1) is 10.7. The van der Waals surface area contributed by atoms with Gasteiger partial charge in [-0.05, 0) is 68.1 Å². The Kier molecular flexibility index (Phi) is 6.58. The van der Waals surface area contributed by atoms with Gasteiger partial charge in [0, 0.05) is 6.08 Å². The monoisotopic (exact) mass is 303 g/mol. The fourth-order valence-corrected chi connectivity index (χ4v) is 3.31. The first-order valence-corrected chi connectivity index (χ1v) is 8.19. The number of allylic oxidation sites excluding steroid dienone is 2. The first-order valence-electron chi connectivity index (χ1n) is 8.19. The minimum atomic E-state index is -0.772. The molecular weight excluding hydrogens is 280 g/mol. The number of aryl methyl sites for hydroxylation is 1. The van der Waals surface area contributed by atoms with Crippen LogP contribution in [0.5, 0.6) is 0 Å². The number of halogens is 2. The number of benzene rings is 1. The van der Waals surface area contributed by atoms with E-state index in [0.717, 1.165) is 30.7 Å². The molecule has 0 aromatic heterocycles. The third-order valence-corrected chi connectivity index (χ3v) is 4.65. The van der Waals surface area contributed by atoms with E-state index in [9.17, 15) is 8.78 Å². The van der Waals surface area contributed by atoms with Crippen molar-refractivity contribution in [2.75, 3.05) is 0 Å². The molecule has 0 N–H and O–H groups in total. The highest BCUT2D eigenvalue weighted by Crippen LogP contribution is 2.32. The van der Waals surface area contributed by atoms with E-state index in [1.165, 1.54) is 44.2 Å². The van der Waals surface area contributed by atoms with Crippen molar-refractivity contribution in [3.05, 3.63) is 47.5 Å². The van der Waals surface area contributed by atoms with Crippen molar-refractivity contribution in [2.24, 2.45) is 11.8 Å². The number of rotatable bonds is 6. The highest BCUT2D eigenvalue weighted by atomic mass is 19.2. The Labute approximate surface area is 131 Å². The molecule has 0 atom stereocenters. The van der Waals surface area contributed by atoms with Gasteiger partial charge in [-0.1, -0.05) is 25.0 Å². The summed E-state index contributed by atoms with van der Waals surface area (Å²) in [4.78, 5) is 0. The molecule has 0 saturated heterocycles. The van der Waals surface area contributed by atoms with Crippen LogP contribution in [-0.4, -0.2) is 0 Å². The van der Waals surface area contributed by atoms with E-state index < -0.39 is 11.6 Å². The summed E-state index contributed by atoms with van der Waals surface area (Å²) >= 11 is 0. The van der Waals surface area contributed by atoms with Crippen LogP contribution in [0, 0.1) is 34.8 Å². The topological polar surface area (TPSA) is 23.8 Å². The van der Waals surface area contributed by atoms with Gasteiger partial charge in [0.25, 0.3) is 0 Å². The molecule has 1 aromatic carbocycles. The lowest BCUT2D eigenvalue weighted by atomic mass is 9.79. The molecule has 0 unspecified atom stereocenters. The molecule has 3 heteroatoms. The Hall–Kier alpha value is -1.69. The van der Waals surface area contributed by atoms with Crippen molar-refractivity contribution in [3.63, 3.8) is 0 Å². The van der Waals surface area contributed by atoms with Crippen molar-refractivity contribution in [1.82, 2.24) is 0 Å². The van der Waals surface area contributed by atoms with Crippen LogP contribution < -0.4 is 0 Å². The van der Waals surface area contributed by atoms with E-state index in [1.54, 1.807) is 12.1 Å². The number of unbranched alkanes of at least 4 members (excludes halogenated alkanes) is 1. The van der Waals surface area contributed by atoms with Gasteiger partial charge in [-0.2, -0.15) is 5.26 Å². The summed E-state index contributed by atoms with van der Waals surface area (Å²) in [5, 5.41) is 8.54. The smallest absolute Gasteiger partial charge is 0.159 e. The molecular formula is C19H23F2N. The van der Waals surface area contributed by atoms with Crippen LogP contribution in [0.2, 0.25) is 0 Å². The van der Waals surface area contributed by atoms with Crippen LogP contribution in [0.15, 0.2) is 30.4 Å². The molecule has 0 heterocycles. The summed E-state index contributed by atoms with van der Waals surface area (Å²) in [6.45, 7) is 0. The van der Waals surface area contributed by atoms with E-state index in [0.29, 0.717) is 5.92 Å². The van der Waals surface area contributed by atoms with Gasteiger partial charge in [-0.3, -0.25) is 0 Å². The molecule has 0 amide bonds. The number of hydrogen-bond acceptors (Lipinski definition) is 1. The third kappa shape index (κ3) is 5.26. The highest BCUT2D eigenvalue weighted by Gasteiger charge is 2.18. The molecule has 1 saturated carbocycles. The van der Waals surface area contributed by atoms with Crippen molar-refractivity contribution in [3.8, 4) is 6.07 Å². The normalized spacial score (nSPS) is 21.9. The quantitative estimate of drug-likeness (QED) is 0.498. The molecule has 1 aliphatic rings. The predicted octanol–water partition coefficient (Wildman–Crippen LogP) is 5.56. The molecule has 118 valence electrons. The average Bonchev–Trinajstić information content (AvgIpc) is 2.54. The standard InChI is InChI=1S/C19H23F2N/c20-18-12-11-17(14-19(18)21)5-2-1-4-15-7-9-16(10-8-15)6-3-13-22/h3,6,11-12,14-16H,1-2,4-5,7-10H2/b6-3+/t15-,16-. The van der Waals surface area contributed by atoms with E-state index in [1.807, 2.05) is 6.08 Å². The van der Waals surface area contributed by atoms with E-state index in [4.69, 9.17) is 5.26 Å². The Balaban J connectivity index is 1.62. The van der Waals surface area contributed by atoms with Crippen LogP contribution >= 0.6 is 0 Å². The Bertz CT molecular complexity index is 537. The van der Waals surface area contributed by atoms with Crippen LogP contribution in [-0.2, 0) is 6.42 Å². The van der Waals surface area contributed by atoms with Gasteiger partial charge in [0.1, 0.15) is 0 Å². The SMILES string of the molecule is N#C/C=C/[C@H]1CC[C@H](CCCCc2ccc(F)c(F)c2)CC1. The van der Waals surface area contributed by atoms with E-state index >= 15 is 0 Å². The molecule has 0 aliphatic heterocycles. The second-order valence-electron chi connectivity index (χ2n) is 6.26. The van der Waals surface area contributed by atoms with Crippen molar-refractivity contribution >= 4 is 0 Å². The molecule has 0 bridgehead atoms. The van der Waals surface area contributed by atoms with Crippen molar-refractivity contribution in [2.45, 2.75) is 51.4 Å². The molecule has 0 spiro atoms. The summed E-state index contributed by atoms with van der Waals surface area (Å²) in [6.07, 6.45) is 12.7. The first kappa shape index (κ1) is 16.7. The van der Waals surface area contributed by atoms with Gasteiger partial charge in [0.2, 0.25) is 0 Å². The maximum absolute atomic E-state index is 13.1. The zero-order valence-corrected chi connectivity index (χ0v) is 12.9. The lowest BCUT2D eigenvalue weighted by Gasteiger charge is -2.26. The zero-order valence-electron chi connectivity index (χ0n) is 12.9. The Morgan fingerprint density at radius 1 is 1.09 bits per heavy atom. The summed E-state index contributed by atoms with van der Waals surface area (Å²) in [6, 6.07) is 6.25. The minimum Gasteiger partial charge on any atom is -0.204 e. The fourth-order valence-electron chi connectivity index (χ4n) is 3.31. The maximum atomic E-state index is 13.1. The molecule has 0 radical (unpaired) electrons. The minimum absolute atomic E-state index is 0.582. The largest absolute Gasteiger partial charge is 0.204 e. The van der Waals surface area contributed by atoms with Gasteiger partial charge in [0.15, 0.2) is 11.6 Å². The van der Waals surface area contributed by atoms with Crippen LogP contribution in [0.4, 0.5) is 8.78 Å². The van der Waals surface area contributed by atoms with Crippen molar-refractivity contribution < 1.29 is 8.78 Å². The molecule has 1 aromatic rings. The Morgan fingerprint density at radius 3 is 2.55 bits per heavy atom. The maximum Gasteiger partial charge on any atom is 0.159 e. The lowest BCUT2D eigenvalue weighted by Crippen LogP contribution is -2.13. The molecule has 1 fully saturated rings. The van der Waals surface area contributed by atoms with Gasteiger partial charge in [-0.25, -0.2) is 8.78 Å². The zero-order chi connectivity index (χ0) is 15.8. The van der Waals surface area contributed by atoms with Crippen molar-refractivity contribution in [1.29, 1.82) is 5.26 Å². The third-order valence-electron chi connectivity index (χ3n) is 4.65. The van der Waals surface area contributed by atoms with Gasteiger partial charge in [0.05, 0.1) is 6.07 Å². The summed E-state index contributed by atoms with van der Waals surface area (Å²) in [7, 11) is 0. The molecule has 1 nitrogen and oxygen atoms in total. The second-order valence-corrected chi connectivity index (χ2v) is 6.26. The van der Waals surface area contributed by atoms with Crippen LogP contribution in [0.1, 0.15) is 50.5 Å². The van der Waals surface area contributed by atoms with Crippen LogP contribution in [0.3, 0.4) is 0 Å². The number of hydrogen-bond donors (Lipinski definition) is 0. The van der Waals surface area contributed by atoms with E-state index in [-0.39, 0.29) is 0 Å². The summed E-state index contributed by atoms with van der Waals surface area (Å²) in [5.41, 5.74) is 0.879. The summed E-state index contributed by atoms with van der Waals surface area (Å²) < 4.78 is 25.9. The van der Waals surface area contributed by atoms with Gasteiger partial charge in [-0.15, -0.1) is 0 Å². The van der Waals surface area contributed by atoms with Gasteiger partial charge >= 0.3 is 0 Å². The predicted molar refractivity (Wildman–Crippen MR) is 84.1 cm³/mol. The number of nitrogens with zero attached hydrogens (tertiary/aromatic N) is 1. The molecule has 2 rings (SSSR count). The fraction of sp³-hybridized carbons (Fsp3) is 0.526. The van der Waals surface area contributed by atoms with Crippen LogP contribution in [0.25, 0.3) is 0 Å². The highest BCUT2D eigenvalue weighted by molar-refractivity contribution is 5.17. The summed E-state index contributed by atoms with van der Waals surface area (Å²) in [5.74, 6) is -0.151. The van der Waals surface area contributed by atoms with Gasteiger partial charge < -0.3 is 0 Å². The Morgan fingerprint density at radius 2 is 1.86 bits per heavy atom. The lowest BCUT2D eigenvalue weighted by molar-refractivity contribution is 0.289.